The zero-order valence-corrected chi connectivity index (χ0v) is 13.9. The summed E-state index contributed by atoms with van der Waals surface area (Å²) in [5.41, 5.74) is 0.514. The van der Waals surface area contributed by atoms with E-state index in [0.717, 1.165) is 32.2 Å². The molecule has 0 aromatic heterocycles. The molecule has 4 heteroatoms. The normalized spacial score (nSPS) is 30.8. The van der Waals surface area contributed by atoms with Crippen LogP contribution in [-0.2, 0) is 5.41 Å². The second-order valence-corrected chi connectivity index (χ2v) is 7.49. The zero-order valence-electron chi connectivity index (χ0n) is 12.4. The van der Waals surface area contributed by atoms with Crippen molar-refractivity contribution in [2.75, 3.05) is 20.6 Å². The summed E-state index contributed by atoms with van der Waals surface area (Å²) in [5.74, 6) is 0. The Bertz CT molecular complexity index is 487. The predicted octanol–water partition coefficient (Wildman–Crippen LogP) is 4.12. The lowest BCUT2D eigenvalue weighted by Gasteiger charge is -2.46. The first-order valence-corrected chi connectivity index (χ1v) is 7.82. The molecule has 0 amide bonds. The molecular formula is C16H23Cl2NO. The Labute approximate surface area is 131 Å². The van der Waals surface area contributed by atoms with Crippen molar-refractivity contribution < 1.29 is 5.11 Å². The molecular weight excluding hydrogens is 293 g/mol. The minimum atomic E-state index is -0.611. The summed E-state index contributed by atoms with van der Waals surface area (Å²) >= 11 is 12.2. The maximum atomic E-state index is 10.5. The predicted molar refractivity (Wildman–Crippen MR) is 85.8 cm³/mol. The molecule has 2 atom stereocenters. The van der Waals surface area contributed by atoms with Gasteiger partial charge in [0.15, 0.2) is 0 Å². The largest absolute Gasteiger partial charge is 0.390 e. The van der Waals surface area contributed by atoms with E-state index in [1.54, 1.807) is 0 Å². The third kappa shape index (κ3) is 3.48. The van der Waals surface area contributed by atoms with Gasteiger partial charge in [0.2, 0.25) is 0 Å². The summed E-state index contributed by atoms with van der Waals surface area (Å²) in [5, 5.41) is 11.7. The van der Waals surface area contributed by atoms with Crippen molar-refractivity contribution in [2.45, 2.75) is 43.6 Å². The van der Waals surface area contributed by atoms with Gasteiger partial charge in [0.05, 0.1) is 15.6 Å². The standard InChI is InChI=1S/C16H23Cl2NO/c1-15(20)7-4-8-16(10-15,11-19(2)3)12-5-6-13(17)14(18)9-12/h5-6,9,20H,4,7-8,10-11H2,1-3H3/t15-,16-/m0/s1. The van der Waals surface area contributed by atoms with Crippen molar-refractivity contribution in [3.63, 3.8) is 0 Å². The summed E-state index contributed by atoms with van der Waals surface area (Å²) in [6, 6.07) is 5.88. The van der Waals surface area contributed by atoms with Crippen LogP contribution in [0.15, 0.2) is 18.2 Å². The molecule has 112 valence electrons. The molecule has 1 aliphatic carbocycles. The highest BCUT2D eigenvalue weighted by molar-refractivity contribution is 6.42. The topological polar surface area (TPSA) is 23.5 Å². The molecule has 1 N–H and O–H groups in total. The van der Waals surface area contributed by atoms with Gasteiger partial charge in [0.1, 0.15) is 0 Å². The average Bonchev–Trinajstić information content (AvgIpc) is 2.30. The van der Waals surface area contributed by atoms with Gasteiger partial charge >= 0.3 is 0 Å². The number of nitrogens with zero attached hydrogens (tertiary/aromatic N) is 1. The minimum absolute atomic E-state index is 0.0561. The Hall–Kier alpha value is -0.280. The third-order valence-corrected chi connectivity index (χ3v) is 4.98. The number of aliphatic hydroxyl groups is 1. The molecule has 1 aromatic rings. The number of rotatable bonds is 3. The fourth-order valence-electron chi connectivity index (χ4n) is 3.62. The van der Waals surface area contributed by atoms with E-state index in [4.69, 9.17) is 23.2 Å². The van der Waals surface area contributed by atoms with Gasteiger partial charge in [-0.05, 0) is 64.4 Å². The number of hydrogen-bond acceptors (Lipinski definition) is 2. The van der Waals surface area contributed by atoms with Crippen molar-refractivity contribution in [2.24, 2.45) is 0 Å². The van der Waals surface area contributed by atoms with E-state index in [0.29, 0.717) is 10.0 Å². The van der Waals surface area contributed by atoms with Crippen molar-refractivity contribution in [1.29, 1.82) is 0 Å². The van der Waals surface area contributed by atoms with Gasteiger partial charge in [-0.25, -0.2) is 0 Å². The number of halogens is 2. The molecule has 2 rings (SSSR count). The van der Waals surface area contributed by atoms with E-state index in [1.165, 1.54) is 5.56 Å². The third-order valence-electron chi connectivity index (χ3n) is 4.24. The molecule has 0 radical (unpaired) electrons. The lowest BCUT2D eigenvalue weighted by molar-refractivity contribution is -0.0157. The molecule has 20 heavy (non-hydrogen) atoms. The van der Waals surface area contributed by atoms with E-state index in [9.17, 15) is 5.11 Å². The molecule has 0 spiro atoms. The fraction of sp³-hybridized carbons (Fsp3) is 0.625. The van der Waals surface area contributed by atoms with Crippen LogP contribution < -0.4 is 0 Å². The van der Waals surface area contributed by atoms with E-state index in [-0.39, 0.29) is 5.41 Å². The monoisotopic (exact) mass is 315 g/mol. The molecule has 1 fully saturated rings. The highest BCUT2D eigenvalue weighted by Gasteiger charge is 2.42. The first-order chi connectivity index (χ1) is 9.24. The fourth-order valence-corrected chi connectivity index (χ4v) is 3.92. The zero-order chi connectivity index (χ0) is 15.0. The molecule has 1 aromatic carbocycles. The van der Waals surface area contributed by atoms with Gasteiger partial charge in [-0.1, -0.05) is 29.3 Å². The highest BCUT2D eigenvalue weighted by Crippen LogP contribution is 2.45. The average molecular weight is 316 g/mol. The Morgan fingerprint density at radius 1 is 1.20 bits per heavy atom. The molecule has 1 aliphatic rings. The van der Waals surface area contributed by atoms with Crippen LogP contribution in [-0.4, -0.2) is 36.2 Å². The Balaban J connectivity index is 2.43. The first kappa shape index (κ1) is 16.1. The van der Waals surface area contributed by atoms with Crippen molar-refractivity contribution in [3.05, 3.63) is 33.8 Å². The van der Waals surface area contributed by atoms with Crippen LogP contribution in [0.5, 0.6) is 0 Å². The van der Waals surface area contributed by atoms with Crippen molar-refractivity contribution >= 4 is 23.2 Å². The SMILES string of the molecule is CN(C)C[C@]1(c2ccc(Cl)c(Cl)c2)CCC[C@](C)(O)C1. The molecule has 1 saturated carbocycles. The second kappa shape index (κ2) is 5.84. The summed E-state index contributed by atoms with van der Waals surface area (Å²) in [6.07, 6.45) is 3.72. The molecule has 0 unspecified atom stereocenters. The van der Waals surface area contributed by atoms with Crippen LogP contribution >= 0.6 is 23.2 Å². The van der Waals surface area contributed by atoms with Gasteiger partial charge in [-0.3, -0.25) is 0 Å². The quantitative estimate of drug-likeness (QED) is 0.907. The Kier molecular flexibility index (Phi) is 4.70. The summed E-state index contributed by atoms with van der Waals surface area (Å²) in [7, 11) is 4.14. The van der Waals surface area contributed by atoms with Crippen molar-refractivity contribution in [1.82, 2.24) is 4.90 Å². The van der Waals surface area contributed by atoms with E-state index in [1.807, 2.05) is 19.1 Å². The Morgan fingerprint density at radius 2 is 1.90 bits per heavy atom. The maximum Gasteiger partial charge on any atom is 0.0628 e. The van der Waals surface area contributed by atoms with Gasteiger partial charge in [0, 0.05) is 12.0 Å². The van der Waals surface area contributed by atoms with Gasteiger partial charge in [-0.15, -0.1) is 0 Å². The number of likely N-dealkylation sites (N-methyl/N-ethyl adjacent to an activating group) is 1. The van der Waals surface area contributed by atoms with Crippen LogP contribution in [0.3, 0.4) is 0 Å². The van der Waals surface area contributed by atoms with E-state index >= 15 is 0 Å². The van der Waals surface area contributed by atoms with E-state index < -0.39 is 5.60 Å². The number of hydrogen-bond donors (Lipinski definition) is 1. The lowest BCUT2D eigenvalue weighted by atomic mass is 9.64. The first-order valence-electron chi connectivity index (χ1n) is 7.07. The molecule has 0 saturated heterocycles. The van der Waals surface area contributed by atoms with E-state index in [2.05, 4.69) is 25.1 Å². The van der Waals surface area contributed by atoms with Crippen LogP contribution in [0.4, 0.5) is 0 Å². The van der Waals surface area contributed by atoms with Gasteiger partial charge < -0.3 is 10.0 Å². The van der Waals surface area contributed by atoms with Gasteiger partial charge in [-0.2, -0.15) is 0 Å². The lowest BCUT2D eigenvalue weighted by Crippen LogP contribution is -2.47. The van der Waals surface area contributed by atoms with Crippen LogP contribution in [0.1, 0.15) is 38.2 Å². The number of benzene rings is 1. The molecule has 0 bridgehead atoms. The molecule has 0 aliphatic heterocycles. The smallest absolute Gasteiger partial charge is 0.0628 e. The van der Waals surface area contributed by atoms with Crippen molar-refractivity contribution in [3.8, 4) is 0 Å². The molecule has 2 nitrogen and oxygen atoms in total. The maximum absolute atomic E-state index is 10.5. The highest BCUT2D eigenvalue weighted by atomic mass is 35.5. The minimum Gasteiger partial charge on any atom is -0.390 e. The summed E-state index contributed by atoms with van der Waals surface area (Å²) < 4.78 is 0. The molecule has 0 heterocycles. The summed E-state index contributed by atoms with van der Waals surface area (Å²) in [4.78, 5) is 2.18. The van der Waals surface area contributed by atoms with Crippen LogP contribution in [0.2, 0.25) is 10.0 Å². The summed E-state index contributed by atoms with van der Waals surface area (Å²) in [6.45, 7) is 2.84. The van der Waals surface area contributed by atoms with Crippen LogP contribution in [0, 0.1) is 0 Å². The van der Waals surface area contributed by atoms with Gasteiger partial charge in [0.25, 0.3) is 0 Å². The second-order valence-electron chi connectivity index (χ2n) is 6.67. The van der Waals surface area contributed by atoms with Crippen LogP contribution in [0.25, 0.3) is 0 Å². The Morgan fingerprint density at radius 3 is 2.45 bits per heavy atom.